The Kier molecular flexibility index (Phi) is 4.79. The van der Waals surface area contributed by atoms with Gasteiger partial charge in [-0.25, -0.2) is 0 Å². The van der Waals surface area contributed by atoms with E-state index in [9.17, 15) is 5.11 Å². The highest BCUT2D eigenvalue weighted by Crippen LogP contribution is 2.32. The number of benzene rings is 2. The van der Waals surface area contributed by atoms with Crippen LogP contribution >= 0.6 is 11.8 Å². The zero-order chi connectivity index (χ0) is 14.5. The van der Waals surface area contributed by atoms with Gasteiger partial charge in [-0.05, 0) is 37.4 Å². The predicted molar refractivity (Wildman–Crippen MR) is 84.9 cm³/mol. The van der Waals surface area contributed by atoms with Crippen LogP contribution in [-0.4, -0.2) is 18.5 Å². The quantitative estimate of drug-likeness (QED) is 0.805. The van der Waals surface area contributed by atoms with Crippen LogP contribution in [0.5, 0.6) is 11.5 Å². The zero-order valence-electron chi connectivity index (χ0n) is 11.9. The first kappa shape index (κ1) is 14.6. The number of ether oxygens (including phenoxy) is 1. The molecular weight excluding hydrogens is 270 g/mol. The Morgan fingerprint density at radius 2 is 1.95 bits per heavy atom. The number of thioether (sulfide) groups is 1. The predicted octanol–water partition coefficient (Wildman–Crippen LogP) is 4.30. The molecule has 0 spiro atoms. The summed E-state index contributed by atoms with van der Waals surface area (Å²) >= 11 is 1.70. The van der Waals surface area contributed by atoms with Crippen LogP contribution in [0.4, 0.5) is 5.69 Å². The first-order chi connectivity index (χ1) is 9.65. The number of methoxy groups -OCH3 is 1. The molecule has 0 aliphatic carbocycles. The first-order valence-corrected chi connectivity index (χ1v) is 7.64. The van der Waals surface area contributed by atoms with Crippen molar-refractivity contribution in [2.24, 2.45) is 0 Å². The van der Waals surface area contributed by atoms with E-state index in [-0.39, 0.29) is 11.8 Å². The summed E-state index contributed by atoms with van der Waals surface area (Å²) in [6, 6.07) is 13.5. The Morgan fingerprint density at radius 1 is 1.20 bits per heavy atom. The van der Waals surface area contributed by atoms with Gasteiger partial charge in [-0.3, -0.25) is 0 Å². The maximum Gasteiger partial charge on any atom is 0.124 e. The molecular formula is C16H19NO2S. The van der Waals surface area contributed by atoms with Gasteiger partial charge >= 0.3 is 0 Å². The molecule has 20 heavy (non-hydrogen) atoms. The fourth-order valence-electron chi connectivity index (χ4n) is 2.09. The summed E-state index contributed by atoms with van der Waals surface area (Å²) in [5.41, 5.74) is 1.92. The molecule has 0 heterocycles. The molecule has 2 rings (SSSR count). The average Bonchev–Trinajstić information content (AvgIpc) is 2.47. The molecule has 0 fully saturated rings. The average molecular weight is 289 g/mol. The van der Waals surface area contributed by atoms with Crippen molar-refractivity contribution in [1.29, 1.82) is 0 Å². The third kappa shape index (κ3) is 3.20. The zero-order valence-corrected chi connectivity index (χ0v) is 12.7. The molecule has 0 aliphatic rings. The van der Waals surface area contributed by atoms with Crippen molar-refractivity contribution in [3.8, 4) is 11.5 Å². The molecule has 0 saturated heterocycles. The Bertz CT molecular complexity index is 586. The Hall–Kier alpha value is -1.81. The van der Waals surface area contributed by atoms with E-state index in [1.54, 1.807) is 24.9 Å². The fraction of sp³-hybridized carbons (Fsp3) is 0.250. The minimum Gasteiger partial charge on any atom is -0.507 e. The molecule has 0 radical (unpaired) electrons. The van der Waals surface area contributed by atoms with Crippen molar-refractivity contribution < 1.29 is 9.84 Å². The maximum absolute atomic E-state index is 10.1. The lowest BCUT2D eigenvalue weighted by Crippen LogP contribution is -2.07. The molecule has 0 aliphatic heterocycles. The molecule has 3 nitrogen and oxygen atoms in total. The summed E-state index contributed by atoms with van der Waals surface area (Å²) in [7, 11) is 1.59. The number of hydrogen-bond donors (Lipinski definition) is 2. The maximum atomic E-state index is 10.1. The standard InChI is InChI=1S/C16H19NO2S/c1-11(13-9-8-12(19-2)10-15(13)18)17-14-6-4-5-7-16(14)20-3/h4-11,17-18H,1-3H3. The topological polar surface area (TPSA) is 41.5 Å². The highest BCUT2D eigenvalue weighted by Gasteiger charge is 2.12. The van der Waals surface area contributed by atoms with E-state index in [2.05, 4.69) is 17.6 Å². The SMILES string of the molecule is COc1ccc(C(C)Nc2ccccc2SC)c(O)c1. The van der Waals surface area contributed by atoms with Gasteiger partial charge in [0.1, 0.15) is 11.5 Å². The molecule has 2 aromatic rings. The van der Waals surface area contributed by atoms with Crippen molar-refractivity contribution in [3.63, 3.8) is 0 Å². The van der Waals surface area contributed by atoms with E-state index >= 15 is 0 Å². The largest absolute Gasteiger partial charge is 0.507 e. The lowest BCUT2D eigenvalue weighted by atomic mass is 10.1. The van der Waals surface area contributed by atoms with E-state index in [0.717, 1.165) is 11.3 Å². The third-order valence-electron chi connectivity index (χ3n) is 3.18. The van der Waals surface area contributed by atoms with Gasteiger partial charge in [0.2, 0.25) is 0 Å². The smallest absolute Gasteiger partial charge is 0.124 e. The van der Waals surface area contributed by atoms with Gasteiger partial charge in [-0.1, -0.05) is 12.1 Å². The minimum atomic E-state index is 0.00852. The number of anilines is 1. The number of para-hydroxylation sites is 1. The van der Waals surface area contributed by atoms with Crippen LogP contribution < -0.4 is 10.1 Å². The van der Waals surface area contributed by atoms with Crippen molar-refractivity contribution in [1.82, 2.24) is 0 Å². The van der Waals surface area contributed by atoms with Crippen molar-refractivity contribution in [3.05, 3.63) is 48.0 Å². The number of nitrogens with one attached hydrogen (secondary N) is 1. The number of aromatic hydroxyl groups is 1. The Balaban J connectivity index is 2.21. The van der Waals surface area contributed by atoms with Crippen LogP contribution in [0.25, 0.3) is 0 Å². The second-order valence-corrected chi connectivity index (χ2v) is 5.34. The normalized spacial score (nSPS) is 11.9. The highest BCUT2D eigenvalue weighted by atomic mass is 32.2. The molecule has 0 aromatic heterocycles. The lowest BCUT2D eigenvalue weighted by molar-refractivity contribution is 0.406. The van der Waals surface area contributed by atoms with Crippen molar-refractivity contribution >= 4 is 17.4 Å². The van der Waals surface area contributed by atoms with Crippen molar-refractivity contribution in [2.75, 3.05) is 18.7 Å². The lowest BCUT2D eigenvalue weighted by Gasteiger charge is -2.19. The minimum absolute atomic E-state index is 0.00852. The van der Waals surface area contributed by atoms with E-state index < -0.39 is 0 Å². The molecule has 0 saturated carbocycles. The van der Waals surface area contributed by atoms with Crippen LogP contribution in [0.3, 0.4) is 0 Å². The second-order valence-electron chi connectivity index (χ2n) is 4.49. The first-order valence-electron chi connectivity index (χ1n) is 6.42. The monoisotopic (exact) mass is 289 g/mol. The van der Waals surface area contributed by atoms with Crippen LogP contribution in [-0.2, 0) is 0 Å². The van der Waals surface area contributed by atoms with E-state index in [4.69, 9.17) is 4.74 Å². The van der Waals surface area contributed by atoms with Crippen LogP contribution in [0.15, 0.2) is 47.4 Å². The number of phenols is 1. The van der Waals surface area contributed by atoms with Gasteiger partial charge in [0.15, 0.2) is 0 Å². The molecule has 2 N–H and O–H groups in total. The molecule has 4 heteroatoms. The van der Waals surface area contributed by atoms with Gasteiger partial charge in [0, 0.05) is 22.2 Å². The molecule has 2 aromatic carbocycles. The summed E-state index contributed by atoms with van der Waals surface area (Å²) in [4.78, 5) is 1.19. The second kappa shape index (κ2) is 6.57. The third-order valence-corrected chi connectivity index (χ3v) is 3.98. The highest BCUT2D eigenvalue weighted by molar-refractivity contribution is 7.98. The fourth-order valence-corrected chi connectivity index (χ4v) is 2.65. The van der Waals surface area contributed by atoms with Gasteiger partial charge in [-0.2, -0.15) is 0 Å². The van der Waals surface area contributed by atoms with Crippen LogP contribution in [0.1, 0.15) is 18.5 Å². The van der Waals surface area contributed by atoms with Crippen LogP contribution in [0.2, 0.25) is 0 Å². The summed E-state index contributed by atoms with van der Waals surface area (Å²) < 4.78 is 5.10. The number of phenolic OH excluding ortho intramolecular Hbond substituents is 1. The Labute approximate surface area is 124 Å². The molecule has 0 amide bonds. The summed E-state index contributed by atoms with van der Waals surface area (Å²) in [5.74, 6) is 0.897. The van der Waals surface area contributed by atoms with E-state index in [0.29, 0.717) is 5.75 Å². The molecule has 1 atom stereocenters. The number of rotatable bonds is 5. The van der Waals surface area contributed by atoms with Gasteiger partial charge in [0.05, 0.1) is 13.2 Å². The van der Waals surface area contributed by atoms with Crippen molar-refractivity contribution in [2.45, 2.75) is 17.9 Å². The van der Waals surface area contributed by atoms with E-state index in [1.165, 1.54) is 4.90 Å². The molecule has 0 bridgehead atoms. The molecule has 106 valence electrons. The number of hydrogen-bond acceptors (Lipinski definition) is 4. The van der Waals surface area contributed by atoms with Gasteiger partial charge in [-0.15, -0.1) is 11.8 Å². The van der Waals surface area contributed by atoms with Gasteiger partial charge < -0.3 is 15.2 Å². The van der Waals surface area contributed by atoms with Crippen LogP contribution in [0, 0.1) is 0 Å². The van der Waals surface area contributed by atoms with Gasteiger partial charge in [0.25, 0.3) is 0 Å². The Morgan fingerprint density at radius 3 is 2.60 bits per heavy atom. The van der Waals surface area contributed by atoms with E-state index in [1.807, 2.05) is 37.3 Å². The molecule has 1 unspecified atom stereocenters. The summed E-state index contributed by atoms with van der Waals surface area (Å²) in [5, 5.41) is 13.5. The summed E-state index contributed by atoms with van der Waals surface area (Å²) in [6.45, 7) is 2.03. The summed E-state index contributed by atoms with van der Waals surface area (Å²) in [6.07, 6.45) is 2.05.